The Balaban J connectivity index is 4.01. The van der Waals surface area contributed by atoms with Crippen molar-refractivity contribution in [2.24, 2.45) is 5.92 Å². The van der Waals surface area contributed by atoms with Gasteiger partial charge in [0.05, 0.1) is 0 Å². The van der Waals surface area contributed by atoms with Gasteiger partial charge in [-0.15, -0.1) is 0 Å². The summed E-state index contributed by atoms with van der Waals surface area (Å²) in [6.07, 6.45) is 4.13. The summed E-state index contributed by atoms with van der Waals surface area (Å²) < 4.78 is 0.0873. The first-order chi connectivity index (χ1) is 8.89. The van der Waals surface area contributed by atoms with Crippen molar-refractivity contribution in [3.05, 3.63) is 0 Å². The monoisotopic (exact) mass is 290 g/mol. The van der Waals surface area contributed by atoms with Gasteiger partial charge in [0.15, 0.2) is 0 Å². The number of urea groups is 1. The first-order valence-electron chi connectivity index (χ1n) is 6.67. The average Bonchev–Trinajstić information content (AvgIpc) is 2.38. The molecule has 0 aliphatic heterocycles. The number of rotatable bonds is 9. The van der Waals surface area contributed by atoms with E-state index in [2.05, 4.69) is 30.7 Å². The van der Waals surface area contributed by atoms with Crippen LogP contribution in [0.15, 0.2) is 0 Å². The van der Waals surface area contributed by atoms with Gasteiger partial charge in [-0.05, 0) is 25.0 Å². The number of amides is 2. The summed E-state index contributed by atoms with van der Waals surface area (Å²) in [7, 11) is 0. The third-order valence-corrected chi connectivity index (χ3v) is 5.01. The largest absolute Gasteiger partial charge is 0.481 e. The van der Waals surface area contributed by atoms with Crippen LogP contribution in [0.1, 0.15) is 40.0 Å². The van der Waals surface area contributed by atoms with E-state index >= 15 is 0 Å². The van der Waals surface area contributed by atoms with Crippen molar-refractivity contribution in [3.63, 3.8) is 0 Å². The lowest BCUT2D eigenvalue weighted by Gasteiger charge is -2.29. The zero-order valence-electron chi connectivity index (χ0n) is 12.3. The van der Waals surface area contributed by atoms with E-state index in [0.29, 0.717) is 13.1 Å². The molecule has 0 aromatic heterocycles. The first-order valence-corrected chi connectivity index (χ1v) is 7.90. The number of nitrogens with one attached hydrogen (secondary N) is 2. The van der Waals surface area contributed by atoms with Crippen LogP contribution in [0.5, 0.6) is 0 Å². The van der Waals surface area contributed by atoms with Crippen LogP contribution in [-0.4, -0.2) is 41.2 Å². The summed E-state index contributed by atoms with van der Waals surface area (Å²) in [5.41, 5.74) is 0. The molecule has 1 unspecified atom stereocenters. The highest BCUT2D eigenvalue weighted by Gasteiger charge is 2.25. The van der Waals surface area contributed by atoms with Crippen LogP contribution < -0.4 is 10.6 Å². The Morgan fingerprint density at radius 1 is 1.26 bits per heavy atom. The van der Waals surface area contributed by atoms with Crippen molar-refractivity contribution in [3.8, 4) is 0 Å². The van der Waals surface area contributed by atoms with Gasteiger partial charge in [0.2, 0.25) is 0 Å². The predicted octanol–water partition coefficient (Wildman–Crippen LogP) is 2.32. The molecule has 0 saturated carbocycles. The van der Waals surface area contributed by atoms with Gasteiger partial charge in [-0.25, -0.2) is 4.79 Å². The number of aliphatic carboxylic acids is 1. The van der Waals surface area contributed by atoms with Crippen molar-refractivity contribution < 1.29 is 14.7 Å². The van der Waals surface area contributed by atoms with Crippen LogP contribution in [-0.2, 0) is 4.79 Å². The lowest BCUT2D eigenvalue weighted by molar-refractivity contribution is -0.137. The Kier molecular flexibility index (Phi) is 8.63. The standard InChI is InChI=1S/C13H26N2O3S/c1-5-13(6-2,19-4)9-15-12(18)14-8-10(3)7-11(16)17/h10H,5-9H2,1-4H3,(H,16,17)(H2,14,15,18). The summed E-state index contributed by atoms with van der Waals surface area (Å²) in [5, 5.41) is 14.2. The molecule has 1 atom stereocenters. The second kappa shape index (κ2) is 9.07. The number of carboxylic acid groups (broad SMARTS) is 1. The lowest BCUT2D eigenvalue weighted by atomic mass is 10.0. The van der Waals surface area contributed by atoms with Crippen LogP contribution in [0.4, 0.5) is 4.79 Å². The van der Waals surface area contributed by atoms with Gasteiger partial charge in [0.25, 0.3) is 0 Å². The molecule has 3 N–H and O–H groups in total. The van der Waals surface area contributed by atoms with Gasteiger partial charge < -0.3 is 15.7 Å². The van der Waals surface area contributed by atoms with E-state index < -0.39 is 5.97 Å². The average molecular weight is 290 g/mol. The smallest absolute Gasteiger partial charge is 0.314 e. The van der Waals surface area contributed by atoms with Crippen molar-refractivity contribution in [2.75, 3.05) is 19.3 Å². The SMILES string of the molecule is CCC(CC)(CNC(=O)NCC(C)CC(=O)O)SC. The van der Waals surface area contributed by atoms with Crippen LogP contribution in [0, 0.1) is 5.92 Å². The summed E-state index contributed by atoms with van der Waals surface area (Å²) in [6, 6.07) is -0.224. The zero-order valence-corrected chi connectivity index (χ0v) is 13.1. The van der Waals surface area contributed by atoms with E-state index in [-0.39, 0.29) is 23.1 Å². The van der Waals surface area contributed by atoms with Gasteiger partial charge in [-0.1, -0.05) is 20.8 Å². The Morgan fingerprint density at radius 3 is 2.26 bits per heavy atom. The quantitative estimate of drug-likeness (QED) is 0.609. The van der Waals surface area contributed by atoms with Gasteiger partial charge in [-0.2, -0.15) is 11.8 Å². The number of carboxylic acids is 1. The molecule has 0 rings (SSSR count). The highest BCUT2D eigenvalue weighted by Crippen LogP contribution is 2.29. The van der Waals surface area contributed by atoms with E-state index in [9.17, 15) is 9.59 Å². The second-order valence-corrected chi connectivity index (χ2v) is 6.14. The van der Waals surface area contributed by atoms with E-state index in [1.165, 1.54) is 0 Å². The molecule has 19 heavy (non-hydrogen) atoms. The molecule has 0 saturated heterocycles. The maximum Gasteiger partial charge on any atom is 0.314 e. The number of thioether (sulfide) groups is 1. The molecule has 0 aromatic rings. The molecule has 0 fully saturated rings. The van der Waals surface area contributed by atoms with E-state index in [1.807, 2.05) is 0 Å². The number of carbonyl (C=O) groups is 2. The van der Waals surface area contributed by atoms with E-state index in [1.54, 1.807) is 18.7 Å². The van der Waals surface area contributed by atoms with Crippen molar-refractivity contribution >= 4 is 23.8 Å². The number of hydrogen-bond donors (Lipinski definition) is 3. The molecular weight excluding hydrogens is 264 g/mol. The van der Waals surface area contributed by atoms with Crippen molar-refractivity contribution in [1.29, 1.82) is 0 Å². The minimum Gasteiger partial charge on any atom is -0.481 e. The van der Waals surface area contributed by atoms with Crippen LogP contribution in [0.3, 0.4) is 0 Å². The molecule has 0 heterocycles. The molecule has 2 amide bonds. The topological polar surface area (TPSA) is 78.4 Å². The van der Waals surface area contributed by atoms with E-state index in [4.69, 9.17) is 5.11 Å². The fraction of sp³-hybridized carbons (Fsp3) is 0.846. The lowest BCUT2D eigenvalue weighted by Crippen LogP contribution is -2.45. The highest BCUT2D eigenvalue weighted by atomic mass is 32.2. The Hall–Kier alpha value is -0.910. The number of hydrogen-bond acceptors (Lipinski definition) is 3. The summed E-state index contributed by atoms with van der Waals surface area (Å²) in [6.45, 7) is 7.05. The maximum absolute atomic E-state index is 11.6. The fourth-order valence-corrected chi connectivity index (χ4v) is 2.60. The molecule has 5 nitrogen and oxygen atoms in total. The second-order valence-electron chi connectivity index (χ2n) is 4.86. The maximum atomic E-state index is 11.6. The van der Waals surface area contributed by atoms with Crippen LogP contribution >= 0.6 is 11.8 Å². The zero-order chi connectivity index (χ0) is 14.9. The molecular formula is C13H26N2O3S. The first kappa shape index (κ1) is 18.1. The third kappa shape index (κ3) is 7.30. The number of carbonyl (C=O) groups excluding carboxylic acids is 1. The van der Waals surface area contributed by atoms with Crippen LogP contribution in [0.2, 0.25) is 0 Å². The molecule has 0 aliphatic carbocycles. The van der Waals surface area contributed by atoms with Crippen LogP contribution in [0.25, 0.3) is 0 Å². The molecule has 0 radical (unpaired) electrons. The van der Waals surface area contributed by atoms with Crippen molar-refractivity contribution in [1.82, 2.24) is 10.6 Å². The fourth-order valence-electron chi connectivity index (χ4n) is 1.80. The third-order valence-electron chi connectivity index (χ3n) is 3.43. The highest BCUT2D eigenvalue weighted by molar-refractivity contribution is 8.00. The summed E-state index contributed by atoms with van der Waals surface area (Å²) in [4.78, 5) is 22.1. The summed E-state index contributed by atoms with van der Waals surface area (Å²) in [5.74, 6) is -0.904. The Labute approximate surface area is 119 Å². The predicted molar refractivity (Wildman–Crippen MR) is 79.6 cm³/mol. The minimum absolute atomic E-state index is 0.0640. The molecule has 0 aliphatic rings. The minimum atomic E-state index is -0.840. The molecule has 6 heteroatoms. The van der Waals surface area contributed by atoms with Crippen molar-refractivity contribution in [2.45, 2.75) is 44.8 Å². The molecule has 112 valence electrons. The Bertz CT molecular complexity index is 285. The normalized spacial score (nSPS) is 12.8. The van der Waals surface area contributed by atoms with Gasteiger partial charge in [0.1, 0.15) is 0 Å². The summed E-state index contributed by atoms with van der Waals surface area (Å²) >= 11 is 1.77. The van der Waals surface area contributed by atoms with Gasteiger partial charge in [0, 0.05) is 24.3 Å². The van der Waals surface area contributed by atoms with E-state index in [0.717, 1.165) is 12.8 Å². The molecule has 0 aromatic carbocycles. The van der Waals surface area contributed by atoms with Gasteiger partial charge >= 0.3 is 12.0 Å². The van der Waals surface area contributed by atoms with Gasteiger partial charge in [-0.3, -0.25) is 4.79 Å². The Morgan fingerprint density at radius 2 is 1.84 bits per heavy atom. The molecule has 0 spiro atoms. The molecule has 0 bridgehead atoms.